The molecule has 0 bridgehead atoms. The smallest absolute Gasteiger partial charge is 0.318 e. The summed E-state index contributed by atoms with van der Waals surface area (Å²) in [6.07, 6.45) is 0. The number of nitrogens with zero attached hydrogens (tertiary/aromatic N) is 1. The van der Waals surface area contributed by atoms with Crippen molar-refractivity contribution in [3.63, 3.8) is 0 Å². The fraction of sp³-hybridized carbons (Fsp3) is 0.381. The summed E-state index contributed by atoms with van der Waals surface area (Å²) >= 11 is 0. The van der Waals surface area contributed by atoms with Gasteiger partial charge in [0.05, 0.1) is 10.5 Å². The van der Waals surface area contributed by atoms with E-state index >= 15 is 0 Å². The summed E-state index contributed by atoms with van der Waals surface area (Å²) in [5.74, 6) is -0.0662. The summed E-state index contributed by atoms with van der Waals surface area (Å²) in [4.78, 5) is 14.5. The Hall–Kier alpha value is -2.34. The van der Waals surface area contributed by atoms with E-state index in [1.54, 1.807) is 25.7 Å². The minimum absolute atomic E-state index is 0.0662. The predicted octanol–water partition coefficient (Wildman–Crippen LogP) is 3.59. The molecule has 0 fully saturated rings. The van der Waals surface area contributed by atoms with Crippen LogP contribution in [-0.4, -0.2) is 36.4 Å². The first kappa shape index (κ1) is 19.4. The van der Waals surface area contributed by atoms with Gasteiger partial charge in [-0.2, -0.15) is 0 Å². The van der Waals surface area contributed by atoms with Crippen molar-refractivity contribution >= 4 is 15.9 Å². The van der Waals surface area contributed by atoms with Crippen molar-refractivity contribution in [2.45, 2.75) is 38.6 Å². The number of sulfone groups is 1. The fourth-order valence-electron chi connectivity index (χ4n) is 3.16. The molecule has 5 nitrogen and oxygen atoms in total. The minimum atomic E-state index is -3.26. The topological polar surface area (TPSA) is 66.5 Å². The van der Waals surface area contributed by atoms with Gasteiger partial charge in [-0.05, 0) is 43.0 Å². The Bertz CT molecular complexity index is 898. The summed E-state index contributed by atoms with van der Waals surface area (Å²) in [5.41, 5.74) is 4.44. The van der Waals surface area contributed by atoms with Crippen LogP contribution in [0.3, 0.4) is 0 Å². The second kappa shape index (κ2) is 7.35. The molecule has 1 aliphatic heterocycles. The van der Waals surface area contributed by atoms with Crippen LogP contribution in [0.2, 0.25) is 0 Å². The van der Waals surface area contributed by atoms with Crippen molar-refractivity contribution in [2.75, 3.05) is 12.3 Å². The Labute approximate surface area is 161 Å². The van der Waals surface area contributed by atoms with Gasteiger partial charge in [0.2, 0.25) is 0 Å². The molecule has 0 radical (unpaired) electrons. The number of fused-ring (bicyclic) bond motifs is 3. The van der Waals surface area contributed by atoms with E-state index in [1.807, 2.05) is 36.4 Å². The third-order valence-corrected chi connectivity index (χ3v) is 7.52. The average Bonchev–Trinajstić information content (AvgIpc) is 2.77. The molecule has 0 unspecified atom stereocenters. The summed E-state index contributed by atoms with van der Waals surface area (Å²) in [6.45, 7) is 6.11. The molecule has 27 heavy (non-hydrogen) atoms. The number of carbonyl (C=O) groups is 1. The van der Waals surface area contributed by atoms with E-state index in [1.165, 1.54) is 0 Å². The van der Waals surface area contributed by atoms with Crippen LogP contribution in [0.5, 0.6) is 0 Å². The highest BCUT2D eigenvalue weighted by Gasteiger charge is 2.29. The van der Waals surface area contributed by atoms with E-state index in [2.05, 4.69) is 17.4 Å². The summed E-state index contributed by atoms with van der Waals surface area (Å²) in [5, 5.41) is 2.78. The van der Waals surface area contributed by atoms with E-state index in [4.69, 9.17) is 0 Å². The largest absolute Gasteiger partial charge is 0.337 e. The summed E-state index contributed by atoms with van der Waals surface area (Å²) in [6, 6.07) is 15.9. The maximum atomic E-state index is 12.7. The highest BCUT2D eigenvalue weighted by atomic mass is 32.2. The molecule has 2 amide bonds. The van der Waals surface area contributed by atoms with Gasteiger partial charge < -0.3 is 10.2 Å². The zero-order valence-electron chi connectivity index (χ0n) is 16.0. The Kier molecular flexibility index (Phi) is 5.29. The van der Waals surface area contributed by atoms with Crippen LogP contribution in [0, 0.1) is 0 Å². The molecule has 6 heteroatoms. The lowest BCUT2D eigenvalue weighted by Gasteiger charge is -2.23. The molecule has 2 aromatic rings. The highest BCUT2D eigenvalue weighted by Crippen LogP contribution is 2.32. The van der Waals surface area contributed by atoms with E-state index in [0.717, 1.165) is 22.3 Å². The first-order valence-electron chi connectivity index (χ1n) is 9.10. The summed E-state index contributed by atoms with van der Waals surface area (Å²) < 4.78 is 23.6. The van der Waals surface area contributed by atoms with Crippen molar-refractivity contribution in [1.82, 2.24) is 10.2 Å². The third-order valence-electron chi connectivity index (χ3n) is 4.91. The van der Waals surface area contributed by atoms with Crippen molar-refractivity contribution in [2.24, 2.45) is 0 Å². The minimum Gasteiger partial charge on any atom is -0.337 e. The van der Waals surface area contributed by atoms with Crippen molar-refractivity contribution < 1.29 is 13.2 Å². The van der Waals surface area contributed by atoms with Gasteiger partial charge in [-0.3, -0.25) is 0 Å². The molecule has 0 saturated carbocycles. The summed E-state index contributed by atoms with van der Waals surface area (Å²) in [7, 11) is -3.26. The van der Waals surface area contributed by atoms with Gasteiger partial charge in [0.1, 0.15) is 0 Å². The molecule has 1 N–H and O–H groups in total. The van der Waals surface area contributed by atoms with E-state index in [0.29, 0.717) is 13.1 Å². The first-order valence-corrected chi connectivity index (χ1v) is 10.8. The van der Waals surface area contributed by atoms with Gasteiger partial charge in [0, 0.05) is 19.6 Å². The predicted molar refractivity (Wildman–Crippen MR) is 108 cm³/mol. The van der Waals surface area contributed by atoms with Crippen LogP contribution in [0.1, 0.15) is 31.9 Å². The van der Waals surface area contributed by atoms with Gasteiger partial charge in [0.25, 0.3) is 0 Å². The number of hydrogen-bond donors (Lipinski definition) is 1. The molecule has 1 aliphatic rings. The number of nitrogens with one attached hydrogen (secondary N) is 1. The second-order valence-electron chi connectivity index (χ2n) is 7.83. The van der Waals surface area contributed by atoms with Crippen molar-refractivity contribution in [1.29, 1.82) is 0 Å². The van der Waals surface area contributed by atoms with Crippen LogP contribution >= 0.6 is 0 Å². The molecular formula is C21H26N2O3S. The molecule has 0 saturated heterocycles. The molecule has 2 aromatic carbocycles. The van der Waals surface area contributed by atoms with E-state index in [-0.39, 0.29) is 18.3 Å². The number of urea groups is 1. The van der Waals surface area contributed by atoms with Crippen LogP contribution in [0.25, 0.3) is 11.1 Å². The normalized spacial score (nSPS) is 14.1. The number of amides is 2. The fourth-order valence-corrected chi connectivity index (χ4v) is 4.15. The number of rotatable bonds is 3. The Morgan fingerprint density at radius 1 is 0.963 bits per heavy atom. The number of benzene rings is 2. The molecule has 144 valence electrons. The van der Waals surface area contributed by atoms with Gasteiger partial charge >= 0.3 is 6.03 Å². The van der Waals surface area contributed by atoms with Crippen LogP contribution in [0.15, 0.2) is 48.5 Å². The molecule has 0 aliphatic carbocycles. The zero-order chi connectivity index (χ0) is 19.7. The van der Waals surface area contributed by atoms with Crippen molar-refractivity contribution in [3.05, 3.63) is 59.7 Å². The average molecular weight is 387 g/mol. The van der Waals surface area contributed by atoms with Crippen molar-refractivity contribution in [3.8, 4) is 11.1 Å². The Morgan fingerprint density at radius 3 is 1.93 bits per heavy atom. The lowest BCUT2D eigenvalue weighted by atomic mass is 9.97. The number of carbonyl (C=O) groups excluding carboxylic acids is 1. The van der Waals surface area contributed by atoms with Gasteiger partial charge in [-0.15, -0.1) is 0 Å². The van der Waals surface area contributed by atoms with E-state index < -0.39 is 14.6 Å². The van der Waals surface area contributed by atoms with Gasteiger partial charge in [0.15, 0.2) is 9.84 Å². The Morgan fingerprint density at radius 2 is 1.44 bits per heavy atom. The standard InChI is InChI=1S/C21H26N2O3S/c1-21(2,3)27(25,26)13-12-22-20(24)23-14-16-8-4-6-10-18(16)19-11-7-5-9-17(19)15-23/h4-11H,12-15H2,1-3H3,(H,22,24). The molecule has 1 heterocycles. The maximum absolute atomic E-state index is 12.7. The number of hydrogen-bond acceptors (Lipinski definition) is 3. The highest BCUT2D eigenvalue weighted by molar-refractivity contribution is 7.92. The monoisotopic (exact) mass is 386 g/mol. The molecular weight excluding hydrogens is 360 g/mol. The van der Waals surface area contributed by atoms with Gasteiger partial charge in [-0.1, -0.05) is 48.5 Å². The maximum Gasteiger partial charge on any atom is 0.318 e. The Balaban J connectivity index is 1.76. The quantitative estimate of drug-likeness (QED) is 0.877. The zero-order valence-corrected chi connectivity index (χ0v) is 16.8. The molecule has 0 aromatic heterocycles. The lowest BCUT2D eigenvalue weighted by Crippen LogP contribution is -2.42. The van der Waals surface area contributed by atoms with Crippen LogP contribution < -0.4 is 5.32 Å². The molecule has 0 spiro atoms. The van der Waals surface area contributed by atoms with Crippen LogP contribution in [-0.2, 0) is 22.9 Å². The molecule has 0 atom stereocenters. The second-order valence-corrected chi connectivity index (χ2v) is 10.7. The third kappa shape index (κ3) is 4.16. The molecule has 3 rings (SSSR count). The SMILES string of the molecule is CC(C)(C)S(=O)(=O)CCNC(=O)N1Cc2ccccc2-c2ccccc2C1. The van der Waals surface area contributed by atoms with Crippen LogP contribution in [0.4, 0.5) is 4.79 Å². The first-order chi connectivity index (χ1) is 12.7. The van der Waals surface area contributed by atoms with Gasteiger partial charge in [-0.25, -0.2) is 13.2 Å². The van der Waals surface area contributed by atoms with E-state index in [9.17, 15) is 13.2 Å². The lowest BCUT2D eigenvalue weighted by molar-refractivity contribution is 0.193.